The van der Waals surface area contributed by atoms with Crippen LogP contribution in [0.3, 0.4) is 0 Å². The zero-order valence-electron chi connectivity index (χ0n) is 23.2. The first-order valence-electron chi connectivity index (χ1n) is 13.7. The minimum atomic E-state index is -6.58. The maximum absolute atomic E-state index is 13.5. The van der Waals surface area contributed by atoms with Gasteiger partial charge in [-0.15, -0.1) is 0 Å². The predicted molar refractivity (Wildman–Crippen MR) is 137 cm³/mol. The lowest BCUT2D eigenvalue weighted by Gasteiger charge is -2.30. The van der Waals surface area contributed by atoms with Crippen molar-refractivity contribution in [1.29, 1.82) is 0 Å². The predicted octanol–water partition coefficient (Wildman–Crippen LogP) is 9.01. The zero-order chi connectivity index (χ0) is 31.3. The fraction of sp³-hybridized carbons (Fsp3) is 0.643. The Morgan fingerprint density at radius 3 is 1.83 bits per heavy atom. The molecule has 0 aliphatic rings. The highest BCUT2D eigenvalue weighted by Gasteiger charge is 2.70. The number of nitrogens with zero attached hydrogens (tertiary/aromatic N) is 2. The maximum Gasteiger partial charge on any atom is 0.483 e. The third-order valence-electron chi connectivity index (χ3n) is 6.16. The van der Waals surface area contributed by atoms with E-state index in [0.717, 1.165) is 30.4 Å². The Hall–Kier alpha value is -2.61. The second-order valence-electron chi connectivity index (χ2n) is 9.76. The second kappa shape index (κ2) is 16.3. The molecule has 0 radical (unpaired) electrons. The molecular weight excluding hydrogens is 583 g/mol. The van der Waals surface area contributed by atoms with Crippen LogP contribution in [0.4, 0.5) is 39.5 Å². The number of hydrogen-bond donors (Lipinski definition) is 0. The third-order valence-corrected chi connectivity index (χ3v) is 6.16. The van der Waals surface area contributed by atoms with Gasteiger partial charge < -0.3 is 9.47 Å². The van der Waals surface area contributed by atoms with Crippen LogP contribution < -0.4 is 4.74 Å². The van der Waals surface area contributed by atoms with Gasteiger partial charge in [-0.3, -0.25) is 0 Å². The van der Waals surface area contributed by atoms with Crippen molar-refractivity contribution < 1.29 is 53.7 Å². The number of hydrogen-bond acceptors (Lipinski definition) is 5. The summed E-state index contributed by atoms with van der Waals surface area (Å²) in [6.45, 7) is 0.285. The number of halogens is 9. The standard InChI is InChI=1S/C28H35F9N2O3/c1-2-3-4-6-10-17-41-23-18-38-24(39-19-23)22-14-12-21(13-15-22)11-8-5-7-9-16-40-20-25(29,30)27(34,35)42-28(36,37)26(31,32)33/h12-15,18-19H,2-11,16-17,20H2,1H3. The molecule has 42 heavy (non-hydrogen) atoms. The van der Waals surface area contributed by atoms with Crippen molar-refractivity contribution in [3.05, 3.63) is 42.2 Å². The molecule has 1 aromatic heterocycles. The fourth-order valence-electron chi connectivity index (χ4n) is 3.72. The van der Waals surface area contributed by atoms with E-state index in [1.165, 1.54) is 19.3 Å². The fourth-order valence-corrected chi connectivity index (χ4v) is 3.72. The molecule has 2 aromatic rings. The first kappa shape index (κ1) is 35.6. The van der Waals surface area contributed by atoms with E-state index >= 15 is 0 Å². The number of alkyl halides is 9. The number of rotatable bonds is 20. The highest BCUT2D eigenvalue weighted by atomic mass is 19.4. The molecule has 0 unspecified atom stereocenters. The molecule has 0 bridgehead atoms. The molecule has 1 heterocycles. The molecule has 0 amide bonds. The van der Waals surface area contributed by atoms with Crippen LogP contribution >= 0.6 is 0 Å². The van der Waals surface area contributed by atoms with Crippen molar-refractivity contribution in [3.8, 4) is 17.1 Å². The van der Waals surface area contributed by atoms with Crippen LogP contribution in [0.5, 0.6) is 5.75 Å². The van der Waals surface area contributed by atoms with Gasteiger partial charge in [-0.2, -0.15) is 39.5 Å². The van der Waals surface area contributed by atoms with E-state index in [1.54, 1.807) is 12.4 Å². The highest BCUT2D eigenvalue weighted by Crippen LogP contribution is 2.45. The Kier molecular flexibility index (Phi) is 13.8. The second-order valence-corrected chi connectivity index (χ2v) is 9.76. The van der Waals surface area contributed by atoms with Crippen molar-refractivity contribution in [1.82, 2.24) is 9.97 Å². The first-order chi connectivity index (χ1) is 19.7. The van der Waals surface area contributed by atoms with E-state index in [1.807, 2.05) is 24.3 Å². The van der Waals surface area contributed by atoms with Gasteiger partial charge in [0, 0.05) is 12.2 Å². The van der Waals surface area contributed by atoms with E-state index in [2.05, 4.69) is 26.4 Å². The van der Waals surface area contributed by atoms with Crippen LogP contribution in [0.2, 0.25) is 0 Å². The largest absolute Gasteiger partial charge is 0.490 e. The lowest BCUT2D eigenvalue weighted by Crippen LogP contribution is -2.53. The van der Waals surface area contributed by atoms with Crippen molar-refractivity contribution in [2.75, 3.05) is 19.8 Å². The smallest absolute Gasteiger partial charge is 0.483 e. The van der Waals surface area contributed by atoms with Gasteiger partial charge in [0.25, 0.3) is 0 Å². The van der Waals surface area contributed by atoms with Crippen LogP contribution in [0.15, 0.2) is 36.7 Å². The molecular formula is C28H35F9N2O3. The molecule has 14 heteroatoms. The van der Waals surface area contributed by atoms with Crippen LogP contribution in [0.1, 0.15) is 70.3 Å². The van der Waals surface area contributed by atoms with Gasteiger partial charge >= 0.3 is 24.3 Å². The Balaban J connectivity index is 1.64. The lowest BCUT2D eigenvalue weighted by molar-refractivity contribution is -0.487. The summed E-state index contributed by atoms with van der Waals surface area (Å²) in [5, 5.41) is 0. The number of unbranched alkanes of at least 4 members (excludes halogenated alkanes) is 7. The summed E-state index contributed by atoms with van der Waals surface area (Å²) < 4.78 is 127. The quantitative estimate of drug-likeness (QED) is 0.110. The molecule has 5 nitrogen and oxygen atoms in total. The summed E-state index contributed by atoms with van der Waals surface area (Å²) >= 11 is 0. The maximum atomic E-state index is 13.5. The van der Waals surface area contributed by atoms with E-state index in [4.69, 9.17) is 4.74 Å². The minimum Gasteiger partial charge on any atom is -0.490 e. The van der Waals surface area contributed by atoms with Crippen LogP contribution in [0.25, 0.3) is 11.4 Å². The normalized spacial score (nSPS) is 13.0. The van der Waals surface area contributed by atoms with Crippen LogP contribution in [-0.2, 0) is 15.9 Å². The molecule has 0 spiro atoms. The summed E-state index contributed by atoms with van der Waals surface area (Å²) in [5.41, 5.74) is 1.87. The molecule has 0 N–H and O–H groups in total. The van der Waals surface area contributed by atoms with Gasteiger partial charge in [0.05, 0.1) is 19.0 Å². The van der Waals surface area contributed by atoms with Gasteiger partial charge in [0.15, 0.2) is 11.6 Å². The van der Waals surface area contributed by atoms with Gasteiger partial charge in [-0.05, 0) is 31.2 Å². The van der Waals surface area contributed by atoms with Crippen molar-refractivity contribution >= 4 is 0 Å². The molecule has 0 saturated carbocycles. The number of aromatic nitrogens is 2. The summed E-state index contributed by atoms with van der Waals surface area (Å²) in [5.74, 6) is -4.23. The summed E-state index contributed by atoms with van der Waals surface area (Å²) in [7, 11) is 0. The van der Waals surface area contributed by atoms with Gasteiger partial charge in [-0.1, -0.05) is 69.7 Å². The van der Waals surface area contributed by atoms with E-state index < -0.39 is 37.5 Å². The lowest BCUT2D eigenvalue weighted by atomic mass is 10.0. The summed E-state index contributed by atoms with van der Waals surface area (Å²) in [6, 6.07) is 7.62. The minimum absolute atomic E-state index is 0.191. The third kappa shape index (κ3) is 11.6. The average Bonchev–Trinajstić information content (AvgIpc) is 2.91. The van der Waals surface area contributed by atoms with Crippen molar-refractivity contribution in [2.45, 2.75) is 95.4 Å². The highest BCUT2D eigenvalue weighted by molar-refractivity contribution is 5.55. The molecule has 0 aliphatic carbocycles. The Morgan fingerprint density at radius 2 is 1.24 bits per heavy atom. The van der Waals surface area contributed by atoms with E-state index in [9.17, 15) is 39.5 Å². The molecule has 238 valence electrons. The van der Waals surface area contributed by atoms with Crippen LogP contribution in [-0.4, -0.2) is 54.1 Å². The topological polar surface area (TPSA) is 53.5 Å². The summed E-state index contributed by atoms with van der Waals surface area (Å²) in [4.78, 5) is 8.70. The number of ether oxygens (including phenoxy) is 3. The molecule has 0 atom stereocenters. The Bertz CT molecular complexity index is 1030. The number of benzene rings is 1. The molecule has 2 rings (SSSR count). The summed E-state index contributed by atoms with van der Waals surface area (Å²) in [6.07, 6.45) is -7.37. The zero-order valence-corrected chi connectivity index (χ0v) is 23.2. The Morgan fingerprint density at radius 1 is 0.667 bits per heavy atom. The Labute approximate surface area is 238 Å². The van der Waals surface area contributed by atoms with Crippen molar-refractivity contribution in [2.24, 2.45) is 0 Å². The molecule has 1 aromatic carbocycles. The average molecular weight is 619 g/mol. The van der Waals surface area contributed by atoms with Gasteiger partial charge in [0.1, 0.15) is 6.61 Å². The van der Waals surface area contributed by atoms with Crippen molar-refractivity contribution in [3.63, 3.8) is 0 Å². The van der Waals surface area contributed by atoms with Gasteiger partial charge in [-0.25, -0.2) is 14.7 Å². The van der Waals surface area contributed by atoms with E-state index in [-0.39, 0.29) is 6.42 Å². The first-order valence-corrected chi connectivity index (χ1v) is 13.7. The van der Waals surface area contributed by atoms with Crippen LogP contribution in [0, 0.1) is 0 Å². The molecule has 0 fully saturated rings. The SMILES string of the molecule is CCCCCCCOc1cnc(-c2ccc(CCCCCCOCC(F)(F)C(F)(F)OC(F)(F)C(F)(F)F)cc2)nc1. The molecule has 0 saturated heterocycles. The number of aryl methyl sites for hydroxylation is 1. The van der Waals surface area contributed by atoms with E-state index in [0.29, 0.717) is 37.4 Å². The monoisotopic (exact) mass is 618 g/mol. The molecule has 0 aliphatic heterocycles. The van der Waals surface area contributed by atoms with Gasteiger partial charge in [0.2, 0.25) is 0 Å².